The molecular weight excluding hydrogens is 358 g/mol. The molecule has 3 aromatic heterocycles. The van der Waals surface area contributed by atoms with Crippen LogP contribution in [0.4, 0.5) is 11.6 Å². The van der Waals surface area contributed by atoms with Crippen LogP contribution >= 0.6 is 0 Å². The van der Waals surface area contributed by atoms with Crippen LogP contribution in [0.5, 0.6) is 0 Å². The molecule has 0 amide bonds. The van der Waals surface area contributed by atoms with Crippen molar-refractivity contribution < 1.29 is 4.92 Å². The molecule has 9 heteroatoms. The van der Waals surface area contributed by atoms with E-state index >= 15 is 0 Å². The van der Waals surface area contributed by atoms with Crippen molar-refractivity contribution in [3.63, 3.8) is 0 Å². The van der Waals surface area contributed by atoms with E-state index in [1.807, 2.05) is 41.2 Å². The fourth-order valence-electron chi connectivity index (χ4n) is 3.02. The summed E-state index contributed by atoms with van der Waals surface area (Å²) >= 11 is 0. The van der Waals surface area contributed by atoms with E-state index in [2.05, 4.69) is 29.2 Å². The number of hydrogen-bond donors (Lipinski definition) is 1. The summed E-state index contributed by atoms with van der Waals surface area (Å²) in [4.78, 5) is 14.6. The van der Waals surface area contributed by atoms with Crippen LogP contribution in [-0.2, 0) is 6.54 Å². The predicted octanol–water partition coefficient (Wildman–Crippen LogP) is 3.56. The maximum Gasteiger partial charge on any atom is 0.368 e. The third-order valence-corrected chi connectivity index (χ3v) is 4.38. The molecule has 0 spiro atoms. The quantitative estimate of drug-likeness (QED) is 0.407. The highest BCUT2D eigenvalue weighted by Crippen LogP contribution is 2.21. The van der Waals surface area contributed by atoms with Crippen LogP contribution in [0.15, 0.2) is 54.9 Å². The highest BCUT2D eigenvalue weighted by atomic mass is 16.6. The van der Waals surface area contributed by atoms with Gasteiger partial charge in [-0.15, -0.1) is 0 Å². The number of hydrogen-bond acceptors (Lipinski definition) is 6. The molecule has 1 aromatic carbocycles. The van der Waals surface area contributed by atoms with Gasteiger partial charge in [-0.2, -0.15) is 5.10 Å². The van der Waals surface area contributed by atoms with Crippen molar-refractivity contribution in [3.8, 4) is 5.69 Å². The van der Waals surface area contributed by atoms with E-state index in [4.69, 9.17) is 5.10 Å². The molecule has 9 nitrogen and oxygen atoms in total. The first-order valence-corrected chi connectivity index (χ1v) is 8.90. The summed E-state index contributed by atoms with van der Waals surface area (Å²) in [5, 5.41) is 23.3. The molecule has 4 rings (SSSR count). The van der Waals surface area contributed by atoms with Gasteiger partial charge in [-0.1, -0.05) is 41.7 Å². The molecule has 3 heterocycles. The number of nitrogens with zero attached hydrogens (tertiary/aromatic N) is 6. The average Bonchev–Trinajstić information content (AvgIpc) is 3.31. The van der Waals surface area contributed by atoms with Crippen molar-refractivity contribution in [2.45, 2.75) is 26.3 Å². The number of anilines is 1. The number of para-hydroxylation sites is 1. The van der Waals surface area contributed by atoms with E-state index in [1.54, 1.807) is 12.1 Å². The first-order chi connectivity index (χ1) is 13.5. The molecule has 142 valence electrons. The lowest BCUT2D eigenvalue weighted by Crippen LogP contribution is -2.06. The summed E-state index contributed by atoms with van der Waals surface area (Å²) in [6.07, 6.45) is 3.20. The molecule has 0 bridgehead atoms. The number of rotatable bonds is 6. The maximum absolute atomic E-state index is 11.1. The number of nitro groups is 1. The minimum absolute atomic E-state index is 0.168. The molecule has 4 aromatic rings. The van der Waals surface area contributed by atoms with E-state index < -0.39 is 4.92 Å². The van der Waals surface area contributed by atoms with Crippen LogP contribution in [0.2, 0.25) is 0 Å². The van der Waals surface area contributed by atoms with Gasteiger partial charge >= 0.3 is 5.82 Å². The zero-order valence-electron chi connectivity index (χ0n) is 15.5. The van der Waals surface area contributed by atoms with Crippen LogP contribution in [0, 0.1) is 10.1 Å². The smallest absolute Gasteiger partial charge is 0.363 e. The molecule has 28 heavy (non-hydrogen) atoms. The first kappa shape index (κ1) is 17.7. The summed E-state index contributed by atoms with van der Waals surface area (Å²) in [6, 6.07) is 13.4. The second kappa shape index (κ2) is 7.10. The number of imidazole rings is 1. The Kier molecular flexibility index (Phi) is 4.48. The lowest BCUT2D eigenvalue weighted by Gasteiger charge is -2.06. The lowest BCUT2D eigenvalue weighted by molar-refractivity contribution is -0.391. The van der Waals surface area contributed by atoms with E-state index in [1.165, 1.54) is 10.7 Å². The highest BCUT2D eigenvalue weighted by molar-refractivity contribution is 5.48. The Morgan fingerprint density at radius 1 is 1.14 bits per heavy atom. The second-order valence-corrected chi connectivity index (χ2v) is 6.69. The molecule has 1 N–H and O–H groups in total. The van der Waals surface area contributed by atoms with Gasteiger partial charge in [-0.25, -0.2) is 9.67 Å². The Balaban J connectivity index is 1.61. The molecule has 0 atom stereocenters. The van der Waals surface area contributed by atoms with Gasteiger partial charge in [-0.3, -0.25) is 0 Å². The SMILES string of the molecule is CC(C)c1nn(-c2ccccc2)cc1CNc1ccc2ncc([N+](=O)[O-])n2n1. The van der Waals surface area contributed by atoms with Crippen LogP contribution < -0.4 is 5.32 Å². The van der Waals surface area contributed by atoms with Gasteiger partial charge in [0.1, 0.15) is 6.20 Å². The Labute approximate surface area is 160 Å². The normalized spacial score (nSPS) is 11.2. The van der Waals surface area contributed by atoms with Crippen molar-refractivity contribution in [1.29, 1.82) is 0 Å². The van der Waals surface area contributed by atoms with E-state index in [0.717, 1.165) is 16.9 Å². The van der Waals surface area contributed by atoms with Crippen LogP contribution in [0.25, 0.3) is 11.3 Å². The van der Waals surface area contributed by atoms with Crippen LogP contribution in [-0.4, -0.2) is 29.3 Å². The molecule has 0 fully saturated rings. The second-order valence-electron chi connectivity index (χ2n) is 6.69. The molecule has 0 aliphatic carbocycles. The standard InChI is InChI=1S/C19H19N7O2/c1-13(2)19-14(12-24(23-19)15-6-4-3-5-7-15)10-20-16-8-9-17-21-11-18(26(27)28)25(17)22-16/h3-9,11-13H,10H2,1-2H3,(H,20,22). The van der Waals surface area contributed by atoms with Gasteiger partial charge in [0.05, 0.1) is 11.4 Å². The third kappa shape index (κ3) is 3.29. The fraction of sp³-hybridized carbons (Fsp3) is 0.211. The van der Waals surface area contributed by atoms with Crippen LogP contribution in [0.1, 0.15) is 31.0 Å². The zero-order valence-corrected chi connectivity index (χ0v) is 15.5. The number of nitrogens with one attached hydrogen (secondary N) is 1. The van der Waals surface area contributed by atoms with Crippen LogP contribution in [0.3, 0.4) is 0 Å². The third-order valence-electron chi connectivity index (χ3n) is 4.38. The molecule has 0 saturated heterocycles. The van der Waals surface area contributed by atoms with Gasteiger partial charge < -0.3 is 15.4 Å². The molecule has 0 saturated carbocycles. The van der Waals surface area contributed by atoms with Crippen molar-refractivity contribution in [2.24, 2.45) is 0 Å². The Morgan fingerprint density at radius 3 is 2.64 bits per heavy atom. The Bertz CT molecular complexity index is 1130. The van der Waals surface area contributed by atoms with Gasteiger partial charge in [0, 0.05) is 24.4 Å². The average molecular weight is 377 g/mol. The maximum atomic E-state index is 11.1. The Hall–Kier alpha value is -3.75. The summed E-state index contributed by atoms with van der Waals surface area (Å²) in [6.45, 7) is 4.70. The molecule has 0 unspecified atom stereocenters. The van der Waals surface area contributed by atoms with E-state index in [0.29, 0.717) is 18.0 Å². The fourth-order valence-corrected chi connectivity index (χ4v) is 3.02. The van der Waals surface area contributed by atoms with E-state index in [-0.39, 0.29) is 11.7 Å². The summed E-state index contributed by atoms with van der Waals surface area (Å²) in [7, 11) is 0. The lowest BCUT2D eigenvalue weighted by atomic mass is 10.1. The van der Waals surface area contributed by atoms with Crippen molar-refractivity contribution >= 4 is 17.3 Å². The minimum atomic E-state index is -0.502. The van der Waals surface area contributed by atoms with Gasteiger partial charge in [0.2, 0.25) is 5.65 Å². The molecule has 0 aliphatic rings. The largest absolute Gasteiger partial charge is 0.368 e. The van der Waals surface area contributed by atoms with Gasteiger partial charge in [0.25, 0.3) is 0 Å². The molecule has 0 radical (unpaired) electrons. The number of aromatic nitrogens is 5. The minimum Gasteiger partial charge on any atom is -0.363 e. The molecular formula is C19H19N7O2. The molecule has 0 aliphatic heterocycles. The van der Waals surface area contributed by atoms with E-state index in [9.17, 15) is 10.1 Å². The zero-order chi connectivity index (χ0) is 19.7. The summed E-state index contributed by atoms with van der Waals surface area (Å²) in [5.74, 6) is 0.612. The Morgan fingerprint density at radius 2 is 1.93 bits per heavy atom. The highest BCUT2D eigenvalue weighted by Gasteiger charge is 2.17. The topological polar surface area (TPSA) is 103 Å². The number of fused-ring (bicyclic) bond motifs is 1. The number of benzene rings is 1. The van der Waals surface area contributed by atoms with Crippen molar-refractivity contribution in [3.05, 3.63) is 76.2 Å². The van der Waals surface area contributed by atoms with Crippen molar-refractivity contribution in [2.75, 3.05) is 5.32 Å². The summed E-state index contributed by atoms with van der Waals surface area (Å²) in [5.41, 5.74) is 3.45. The van der Waals surface area contributed by atoms with Gasteiger partial charge in [0.15, 0.2) is 5.82 Å². The van der Waals surface area contributed by atoms with Gasteiger partial charge in [-0.05, 0) is 29.0 Å². The first-order valence-electron chi connectivity index (χ1n) is 8.90. The summed E-state index contributed by atoms with van der Waals surface area (Å²) < 4.78 is 3.09. The van der Waals surface area contributed by atoms with Crippen molar-refractivity contribution in [1.82, 2.24) is 24.4 Å². The monoisotopic (exact) mass is 377 g/mol. The predicted molar refractivity (Wildman–Crippen MR) is 105 cm³/mol.